The summed E-state index contributed by atoms with van der Waals surface area (Å²) in [5, 5.41) is 4.64. The van der Waals surface area contributed by atoms with Gasteiger partial charge in [-0.2, -0.15) is 0 Å². The Balaban J connectivity index is 1.01. The van der Waals surface area contributed by atoms with Crippen molar-refractivity contribution < 1.29 is 9.59 Å². The zero-order chi connectivity index (χ0) is 32.6. The molecule has 0 unspecified atom stereocenters. The van der Waals surface area contributed by atoms with Gasteiger partial charge in [0.15, 0.2) is 0 Å². The summed E-state index contributed by atoms with van der Waals surface area (Å²) in [6.07, 6.45) is 11.4. The number of urea groups is 1. The molecule has 0 radical (unpaired) electrons. The molecule has 0 spiro atoms. The molecular formula is C37H43ClN8O2. The third-order valence-corrected chi connectivity index (χ3v) is 11.2. The van der Waals surface area contributed by atoms with E-state index in [0.29, 0.717) is 30.7 Å². The SMILES string of the molecule is O=C(Cn1cc(-c2ccccc2Cl)c2c(N3CCC(N4CCCCC4)CC3)ncnc21)N1CCC(N2Cc3ccccc3NC2=O)CC1. The third kappa shape index (κ3) is 6.00. The number of carbonyl (C=O) groups excluding carboxylic acids is 2. The van der Waals surface area contributed by atoms with Crippen molar-refractivity contribution in [1.82, 2.24) is 29.2 Å². The van der Waals surface area contributed by atoms with Crippen molar-refractivity contribution >= 4 is 46.1 Å². The number of likely N-dealkylation sites (tertiary alicyclic amines) is 2. The van der Waals surface area contributed by atoms with E-state index < -0.39 is 0 Å². The maximum absolute atomic E-state index is 13.8. The molecule has 11 heteroatoms. The summed E-state index contributed by atoms with van der Waals surface area (Å²) in [4.78, 5) is 45.3. The van der Waals surface area contributed by atoms with Crippen LogP contribution in [0.3, 0.4) is 0 Å². The topological polar surface area (TPSA) is 89.8 Å². The monoisotopic (exact) mass is 666 g/mol. The second kappa shape index (κ2) is 13.4. The van der Waals surface area contributed by atoms with Crippen LogP contribution in [0.25, 0.3) is 22.2 Å². The molecule has 2 aromatic carbocycles. The Labute approximate surface area is 286 Å². The van der Waals surface area contributed by atoms with Gasteiger partial charge in [0, 0.05) is 72.8 Å². The van der Waals surface area contributed by atoms with Crippen LogP contribution in [-0.2, 0) is 17.9 Å². The smallest absolute Gasteiger partial charge is 0.322 e. The molecule has 4 aromatic rings. The molecule has 250 valence electrons. The van der Waals surface area contributed by atoms with Gasteiger partial charge in [-0.05, 0) is 69.3 Å². The summed E-state index contributed by atoms with van der Waals surface area (Å²) >= 11 is 6.78. The molecule has 8 rings (SSSR count). The van der Waals surface area contributed by atoms with Gasteiger partial charge in [0.25, 0.3) is 0 Å². The van der Waals surface area contributed by atoms with E-state index in [1.54, 1.807) is 6.33 Å². The minimum absolute atomic E-state index is 0.0482. The maximum atomic E-state index is 13.8. The number of nitrogens with zero attached hydrogens (tertiary/aromatic N) is 7. The number of hydrogen-bond acceptors (Lipinski definition) is 6. The summed E-state index contributed by atoms with van der Waals surface area (Å²) in [5.74, 6) is 0.965. The fourth-order valence-corrected chi connectivity index (χ4v) is 8.51. The molecule has 4 aliphatic rings. The lowest BCUT2D eigenvalue weighted by atomic mass is 9.99. The third-order valence-electron chi connectivity index (χ3n) is 10.9. The molecule has 3 saturated heterocycles. The number of carbonyl (C=O) groups is 2. The van der Waals surface area contributed by atoms with Crippen LogP contribution in [0, 0.1) is 0 Å². The molecule has 0 saturated carbocycles. The molecule has 10 nitrogen and oxygen atoms in total. The van der Waals surface area contributed by atoms with Gasteiger partial charge in [-0.1, -0.05) is 54.4 Å². The lowest BCUT2D eigenvalue weighted by Crippen LogP contribution is -2.51. The number of nitrogens with one attached hydrogen (secondary N) is 1. The van der Waals surface area contributed by atoms with E-state index in [1.165, 1.54) is 32.4 Å². The van der Waals surface area contributed by atoms with Gasteiger partial charge in [0.1, 0.15) is 24.3 Å². The van der Waals surface area contributed by atoms with E-state index in [4.69, 9.17) is 21.6 Å². The summed E-state index contributed by atoms with van der Waals surface area (Å²) < 4.78 is 1.98. The molecule has 2 aromatic heterocycles. The molecule has 3 fully saturated rings. The van der Waals surface area contributed by atoms with Gasteiger partial charge >= 0.3 is 6.03 Å². The lowest BCUT2D eigenvalue weighted by Gasteiger charge is -2.40. The van der Waals surface area contributed by atoms with Crippen LogP contribution in [-0.4, -0.2) is 92.5 Å². The number of para-hydroxylation sites is 1. The maximum Gasteiger partial charge on any atom is 0.322 e. The molecule has 1 N–H and O–H groups in total. The van der Waals surface area contributed by atoms with Crippen molar-refractivity contribution in [2.45, 2.75) is 70.1 Å². The van der Waals surface area contributed by atoms with Crippen LogP contribution in [0.1, 0.15) is 50.5 Å². The first-order valence-corrected chi connectivity index (χ1v) is 17.9. The number of piperidine rings is 3. The van der Waals surface area contributed by atoms with E-state index >= 15 is 0 Å². The van der Waals surface area contributed by atoms with Crippen LogP contribution in [0.5, 0.6) is 0 Å². The van der Waals surface area contributed by atoms with Crippen LogP contribution in [0.4, 0.5) is 16.3 Å². The molecule has 48 heavy (non-hydrogen) atoms. The predicted molar refractivity (Wildman–Crippen MR) is 189 cm³/mol. The minimum Gasteiger partial charge on any atom is -0.356 e. The van der Waals surface area contributed by atoms with Crippen molar-refractivity contribution in [2.75, 3.05) is 49.5 Å². The standard InChI is InChI=1S/C37H43ClN8O2/c38-31-10-4-3-9-29(31)30-23-45(36-34(30)35(39-25-40-36)44-20-12-27(13-21-44)42-16-6-1-7-17-42)24-33(47)43-18-14-28(15-19-43)46-22-26-8-2-5-11-32(26)41-37(46)48/h2-5,8-11,23,25,27-28H,1,6-7,12-22,24H2,(H,41,48). The number of anilines is 2. The van der Waals surface area contributed by atoms with Gasteiger partial charge in [-0.15, -0.1) is 0 Å². The van der Waals surface area contributed by atoms with E-state index in [1.807, 2.05) is 63.0 Å². The van der Waals surface area contributed by atoms with Crippen LogP contribution in [0.15, 0.2) is 61.1 Å². The number of halogens is 1. The molecule has 3 amide bonds. The van der Waals surface area contributed by atoms with E-state index in [9.17, 15) is 9.59 Å². The fourth-order valence-electron chi connectivity index (χ4n) is 8.27. The Morgan fingerprint density at radius 2 is 1.56 bits per heavy atom. The van der Waals surface area contributed by atoms with Crippen LogP contribution >= 0.6 is 11.6 Å². The highest BCUT2D eigenvalue weighted by atomic mass is 35.5. The summed E-state index contributed by atoms with van der Waals surface area (Å²) in [5.41, 5.74) is 4.62. The lowest BCUT2D eigenvalue weighted by molar-refractivity contribution is -0.133. The zero-order valence-electron chi connectivity index (χ0n) is 27.4. The van der Waals surface area contributed by atoms with Crippen molar-refractivity contribution in [3.8, 4) is 11.1 Å². The number of fused-ring (bicyclic) bond motifs is 2. The van der Waals surface area contributed by atoms with Gasteiger partial charge in [-0.25, -0.2) is 14.8 Å². The normalized spacial score (nSPS) is 19.9. The Hall–Kier alpha value is -4.15. The Kier molecular flexibility index (Phi) is 8.69. The van der Waals surface area contributed by atoms with E-state index in [-0.39, 0.29) is 24.5 Å². The Morgan fingerprint density at radius 3 is 2.35 bits per heavy atom. The van der Waals surface area contributed by atoms with Gasteiger partial charge < -0.3 is 29.5 Å². The average Bonchev–Trinajstić information content (AvgIpc) is 3.50. The molecule has 0 atom stereocenters. The fraction of sp³-hybridized carbons (Fsp3) is 0.459. The molecule has 0 aliphatic carbocycles. The first-order valence-electron chi connectivity index (χ1n) is 17.5. The number of aromatic nitrogens is 3. The Morgan fingerprint density at radius 1 is 0.833 bits per heavy atom. The highest BCUT2D eigenvalue weighted by molar-refractivity contribution is 6.33. The number of rotatable bonds is 6. The minimum atomic E-state index is -0.0596. The highest BCUT2D eigenvalue weighted by Crippen LogP contribution is 2.39. The summed E-state index contributed by atoms with van der Waals surface area (Å²) in [7, 11) is 0. The van der Waals surface area contributed by atoms with Gasteiger partial charge in [-0.3, -0.25) is 4.79 Å². The zero-order valence-corrected chi connectivity index (χ0v) is 28.1. The quantitative estimate of drug-likeness (QED) is 0.262. The van der Waals surface area contributed by atoms with Crippen molar-refractivity contribution in [3.05, 3.63) is 71.6 Å². The number of amides is 3. The molecule has 6 heterocycles. The average molecular weight is 667 g/mol. The first-order chi connectivity index (χ1) is 23.5. The molecule has 0 bridgehead atoms. The van der Waals surface area contributed by atoms with E-state index in [0.717, 1.165) is 78.0 Å². The van der Waals surface area contributed by atoms with Crippen molar-refractivity contribution in [1.29, 1.82) is 0 Å². The van der Waals surface area contributed by atoms with Crippen LogP contribution in [0.2, 0.25) is 5.02 Å². The second-order valence-corrected chi connectivity index (χ2v) is 14.1. The van der Waals surface area contributed by atoms with Gasteiger partial charge in [0.05, 0.1) is 5.39 Å². The summed E-state index contributed by atoms with van der Waals surface area (Å²) in [6, 6.07) is 16.5. The largest absolute Gasteiger partial charge is 0.356 e. The summed E-state index contributed by atoms with van der Waals surface area (Å²) in [6.45, 7) is 6.31. The Bertz CT molecular complexity index is 1800. The molecular weight excluding hydrogens is 624 g/mol. The molecule has 4 aliphatic heterocycles. The predicted octanol–water partition coefficient (Wildman–Crippen LogP) is 6.25. The van der Waals surface area contributed by atoms with Gasteiger partial charge in [0.2, 0.25) is 5.91 Å². The highest BCUT2D eigenvalue weighted by Gasteiger charge is 2.33. The van der Waals surface area contributed by atoms with Crippen molar-refractivity contribution in [2.24, 2.45) is 0 Å². The van der Waals surface area contributed by atoms with Crippen LogP contribution < -0.4 is 10.2 Å². The second-order valence-electron chi connectivity index (χ2n) is 13.7. The number of benzene rings is 2. The first kappa shape index (κ1) is 31.1. The number of hydrogen-bond donors (Lipinski definition) is 1. The van der Waals surface area contributed by atoms with Crippen molar-refractivity contribution in [3.63, 3.8) is 0 Å². The van der Waals surface area contributed by atoms with E-state index in [2.05, 4.69) is 21.2 Å².